The van der Waals surface area contributed by atoms with Crippen molar-refractivity contribution in [2.24, 2.45) is 9.98 Å². The summed E-state index contributed by atoms with van der Waals surface area (Å²) >= 11 is 0. The van der Waals surface area contributed by atoms with Crippen molar-refractivity contribution in [2.75, 3.05) is 0 Å². The van der Waals surface area contributed by atoms with E-state index in [0.717, 1.165) is 11.1 Å². The maximum atomic E-state index is 4.56. The first-order valence-corrected chi connectivity index (χ1v) is 8.08. The molecule has 0 N–H and O–H groups in total. The van der Waals surface area contributed by atoms with Crippen LogP contribution in [-0.2, 0) is 13.1 Å². The summed E-state index contributed by atoms with van der Waals surface area (Å²) in [5.74, 6) is 0. The van der Waals surface area contributed by atoms with Crippen molar-refractivity contribution >= 4 is 12.4 Å². The van der Waals surface area contributed by atoms with E-state index in [1.165, 1.54) is 11.1 Å². The predicted octanol–water partition coefficient (Wildman–Crippen LogP) is 4.92. The van der Waals surface area contributed by atoms with Crippen LogP contribution in [0.15, 0.2) is 94.9 Å². The van der Waals surface area contributed by atoms with Crippen molar-refractivity contribution in [3.63, 3.8) is 0 Å². The van der Waals surface area contributed by atoms with Crippen LogP contribution in [-0.4, -0.2) is 12.4 Å². The molecule has 0 aliphatic rings. The van der Waals surface area contributed by atoms with Gasteiger partial charge >= 0.3 is 0 Å². The van der Waals surface area contributed by atoms with Gasteiger partial charge in [-0.05, 0) is 22.3 Å². The molecule has 0 unspecified atom stereocenters. The van der Waals surface area contributed by atoms with Crippen molar-refractivity contribution < 1.29 is 0 Å². The van der Waals surface area contributed by atoms with Crippen molar-refractivity contribution in [3.05, 3.63) is 107 Å². The molecule has 2 heteroatoms. The Labute approximate surface area is 143 Å². The minimum Gasteiger partial charge on any atom is -0.288 e. The van der Waals surface area contributed by atoms with Gasteiger partial charge in [0, 0.05) is 12.4 Å². The first kappa shape index (κ1) is 15.9. The summed E-state index contributed by atoms with van der Waals surface area (Å²) in [5, 5.41) is 0. The number of hydrogen-bond donors (Lipinski definition) is 0. The second-order valence-electron chi connectivity index (χ2n) is 5.53. The first-order chi connectivity index (χ1) is 11.9. The SMILES string of the molecule is C(=NCc1ccccc1CN=Cc1ccccc1)c1ccccc1. The Bertz CT molecular complexity index is 735. The van der Waals surface area contributed by atoms with E-state index in [4.69, 9.17) is 0 Å². The van der Waals surface area contributed by atoms with Gasteiger partial charge in [-0.15, -0.1) is 0 Å². The highest BCUT2D eigenvalue weighted by molar-refractivity contribution is 5.79. The molecule has 0 spiro atoms. The fourth-order valence-corrected chi connectivity index (χ4v) is 2.44. The van der Waals surface area contributed by atoms with Crippen LogP contribution >= 0.6 is 0 Å². The van der Waals surface area contributed by atoms with Gasteiger partial charge < -0.3 is 0 Å². The molecule has 0 heterocycles. The van der Waals surface area contributed by atoms with E-state index < -0.39 is 0 Å². The largest absolute Gasteiger partial charge is 0.288 e. The summed E-state index contributed by atoms with van der Waals surface area (Å²) < 4.78 is 0. The molecule has 118 valence electrons. The summed E-state index contributed by atoms with van der Waals surface area (Å²) in [5.41, 5.74) is 4.68. The van der Waals surface area contributed by atoms with E-state index >= 15 is 0 Å². The minimum atomic E-state index is 0.673. The third-order valence-electron chi connectivity index (χ3n) is 3.72. The summed E-state index contributed by atoms with van der Waals surface area (Å²) in [6.07, 6.45) is 3.84. The van der Waals surface area contributed by atoms with Gasteiger partial charge in [-0.25, -0.2) is 0 Å². The summed E-state index contributed by atoms with van der Waals surface area (Å²) in [6, 6.07) is 28.7. The van der Waals surface area contributed by atoms with Crippen LogP contribution < -0.4 is 0 Å². The Hall–Kier alpha value is -3.00. The fraction of sp³-hybridized carbons (Fsp3) is 0.0909. The van der Waals surface area contributed by atoms with E-state index in [1.807, 2.05) is 48.8 Å². The van der Waals surface area contributed by atoms with Gasteiger partial charge in [0.05, 0.1) is 13.1 Å². The molecular formula is C22H20N2. The zero-order chi connectivity index (χ0) is 16.5. The van der Waals surface area contributed by atoms with E-state index in [0.29, 0.717) is 13.1 Å². The Morgan fingerprint density at radius 2 is 0.875 bits per heavy atom. The fourth-order valence-electron chi connectivity index (χ4n) is 2.44. The predicted molar refractivity (Wildman–Crippen MR) is 102 cm³/mol. The van der Waals surface area contributed by atoms with Gasteiger partial charge in [0.15, 0.2) is 0 Å². The molecule has 0 radical (unpaired) electrons. The van der Waals surface area contributed by atoms with Crippen molar-refractivity contribution in [3.8, 4) is 0 Å². The number of rotatable bonds is 6. The average Bonchev–Trinajstić information content (AvgIpc) is 2.65. The maximum absolute atomic E-state index is 4.56. The Morgan fingerprint density at radius 1 is 0.500 bits per heavy atom. The smallest absolute Gasteiger partial charge is 0.0643 e. The zero-order valence-corrected chi connectivity index (χ0v) is 13.5. The average molecular weight is 312 g/mol. The third-order valence-corrected chi connectivity index (χ3v) is 3.72. The van der Waals surface area contributed by atoms with Crippen LogP contribution in [0.25, 0.3) is 0 Å². The number of hydrogen-bond acceptors (Lipinski definition) is 2. The van der Waals surface area contributed by atoms with Crippen molar-refractivity contribution in [1.82, 2.24) is 0 Å². The summed E-state index contributed by atoms with van der Waals surface area (Å²) in [4.78, 5) is 9.12. The van der Waals surface area contributed by atoms with E-state index in [9.17, 15) is 0 Å². The van der Waals surface area contributed by atoms with Crippen LogP contribution in [0.1, 0.15) is 22.3 Å². The topological polar surface area (TPSA) is 24.7 Å². The van der Waals surface area contributed by atoms with Gasteiger partial charge in [0.1, 0.15) is 0 Å². The van der Waals surface area contributed by atoms with Crippen molar-refractivity contribution in [2.45, 2.75) is 13.1 Å². The number of nitrogens with zero attached hydrogens (tertiary/aromatic N) is 2. The number of aliphatic imine (C=N–C) groups is 2. The second kappa shape index (κ2) is 8.59. The molecule has 0 aromatic heterocycles. The molecule has 0 aliphatic carbocycles. The number of benzene rings is 3. The quantitative estimate of drug-likeness (QED) is 0.577. The van der Waals surface area contributed by atoms with E-state index in [2.05, 4.69) is 58.5 Å². The molecule has 0 aliphatic heterocycles. The maximum Gasteiger partial charge on any atom is 0.0643 e. The molecular weight excluding hydrogens is 292 g/mol. The van der Waals surface area contributed by atoms with Gasteiger partial charge in [0.25, 0.3) is 0 Å². The molecule has 0 fully saturated rings. The Morgan fingerprint density at radius 3 is 1.29 bits per heavy atom. The minimum absolute atomic E-state index is 0.673. The Balaban J connectivity index is 1.65. The molecule has 0 amide bonds. The summed E-state index contributed by atoms with van der Waals surface area (Å²) in [6.45, 7) is 1.35. The highest BCUT2D eigenvalue weighted by Gasteiger charge is 1.99. The molecule has 0 atom stereocenters. The lowest BCUT2D eigenvalue weighted by Gasteiger charge is -2.04. The molecule has 24 heavy (non-hydrogen) atoms. The van der Waals surface area contributed by atoms with Crippen molar-refractivity contribution in [1.29, 1.82) is 0 Å². The molecule has 3 aromatic rings. The monoisotopic (exact) mass is 312 g/mol. The standard InChI is InChI=1S/C22H20N2/c1-3-9-19(10-4-1)15-23-17-21-13-7-8-14-22(21)18-24-16-20-11-5-2-6-12-20/h1-16H,17-18H2. The molecule has 0 saturated heterocycles. The van der Waals surface area contributed by atoms with Gasteiger partial charge in [0.2, 0.25) is 0 Å². The van der Waals surface area contributed by atoms with Crippen LogP contribution in [0.3, 0.4) is 0 Å². The Kier molecular flexibility index (Phi) is 5.68. The summed E-state index contributed by atoms with van der Waals surface area (Å²) in [7, 11) is 0. The second-order valence-corrected chi connectivity index (χ2v) is 5.53. The van der Waals surface area contributed by atoms with Gasteiger partial charge in [-0.2, -0.15) is 0 Å². The van der Waals surface area contributed by atoms with Gasteiger partial charge in [-0.3, -0.25) is 9.98 Å². The van der Waals surface area contributed by atoms with Crippen LogP contribution in [0.2, 0.25) is 0 Å². The molecule has 3 rings (SSSR count). The van der Waals surface area contributed by atoms with Crippen LogP contribution in [0.4, 0.5) is 0 Å². The van der Waals surface area contributed by atoms with Crippen LogP contribution in [0.5, 0.6) is 0 Å². The van der Waals surface area contributed by atoms with Crippen LogP contribution in [0, 0.1) is 0 Å². The highest BCUT2D eigenvalue weighted by atomic mass is 14.7. The normalized spacial score (nSPS) is 11.3. The molecule has 0 saturated carbocycles. The highest BCUT2D eigenvalue weighted by Crippen LogP contribution is 2.12. The van der Waals surface area contributed by atoms with E-state index in [1.54, 1.807) is 0 Å². The lowest BCUT2D eigenvalue weighted by molar-refractivity contribution is 0.986. The lowest BCUT2D eigenvalue weighted by Crippen LogP contribution is -1.93. The first-order valence-electron chi connectivity index (χ1n) is 8.08. The molecule has 0 bridgehead atoms. The molecule has 2 nitrogen and oxygen atoms in total. The third kappa shape index (κ3) is 4.75. The van der Waals surface area contributed by atoms with Gasteiger partial charge in [-0.1, -0.05) is 84.9 Å². The molecule has 3 aromatic carbocycles. The zero-order valence-electron chi connectivity index (χ0n) is 13.5. The lowest BCUT2D eigenvalue weighted by atomic mass is 10.1. The van der Waals surface area contributed by atoms with E-state index in [-0.39, 0.29) is 0 Å².